The van der Waals surface area contributed by atoms with E-state index in [1.54, 1.807) is 0 Å². The van der Waals surface area contributed by atoms with Crippen LogP contribution < -0.4 is 5.73 Å². The van der Waals surface area contributed by atoms with Crippen molar-refractivity contribution in [2.75, 3.05) is 19.6 Å². The minimum absolute atomic E-state index is 0. The minimum Gasteiger partial charge on any atom is -0.459 e. The molecule has 2 unspecified atom stereocenters. The summed E-state index contributed by atoms with van der Waals surface area (Å²) in [6.07, 6.45) is 3.85. The van der Waals surface area contributed by atoms with E-state index in [1.165, 1.54) is 5.56 Å². The molecule has 1 aromatic rings. The number of esters is 1. The molecule has 23 heavy (non-hydrogen) atoms. The van der Waals surface area contributed by atoms with Gasteiger partial charge in [-0.05, 0) is 55.8 Å². The number of benzene rings is 1. The number of aryl methyl sites for hydroxylation is 1. The van der Waals surface area contributed by atoms with Crippen molar-refractivity contribution in [2.24, 2.45) is 11.7 Å². The van der Waals surface area contributed by atoms with Crippen molar-refractivity contribution in [3.05, 3.63) is 35.4 Å². The largest absolute Gasteiger partial charge is 0.459 e. The smallest absolute Gasteiger partial charge is 0.331 e. The molecule has 3 fully saturated rings. The van der Waals surface area contributed by atoms with E-state index in [4.69, 9.17) is 10.5 Å². The van der Waals surface area contributed by atoms with Crippen LogP contribution in [0, 0.1) is 5.92 Å². The Morgan fingerprint density at radius 3 is 2.57 bits per heavy atom. The minimum atomic E-state index is -0.942. The van der Waals surface area contributed by atoms with Gasteiger partial charge < -0.3 is 10.5 Å². The van der Waals surface area contributed by atoms with Crippen LogP contribution in [0.4, 0.5) is 0 Å². The molecular formula is C17H24Cl2N2O2. The van der Waals surface area contributed by atoms with Crippen LogP contribution in [0.1, 0.15) is 30.4 Å². The zero-order chi connectivity index (χ0) is 14.4. The summed E-state index contributed by atoms with van der Waals surface area (Å²) < 4.78 is 5.86. The molecule has 0 aromatic heterocycles. The van der Waals surface area contributed by atoms with Gasteiger partial charge in [0.05, 0.1) is 0 Å². The molecule has 3 heterocycles. The van der Waals surface area contributed by atoms with Gasteiger partial charge in [-0.2, -0.15) is 0 Å². The summed E-state index contributed by atoms with van der Waals surface area (Å²) in [7, 11) is 0. The van der Waals surface area contributed by atoms with E-state index in [-0.39, 0.29) is 36.9 Å². The SMILES string of the molecule is Cl.Cl.NC1(C(=O)OC2CN3CCC2CC3)CCc2ccccc21. The standard InChI is InChI=1S/C17H22N2O2.2ClH/c18-17(8-5-12-3-1-2-4-14(12)17)16(20)21-15-11-19-9-6-13(15)7-10-19;;/h1-4,13,15H,5-11,18H2;2*1H. The number of carbonyl (C=O) groups excluding carboxylic acids is 1. The Labute approximate surface area is 149 Å². The Kier molecular flexibility index (Phi) is 5.62. The van der Waals surface area contributed by atoms with Crippen molar-refractivity contribution < 1.29 is 9.53 Å². The fourth-order valence-corrected chi connectivity index (χ4v) is 4.14. The molecule has 0 amide bonds. The summed E-state index contributed by atoms with van der Waals surface area (Å²) in [5.41, 5.74) is 7.64. The quantitative estimate of drug-likeness (QED) is 0.823. The predicted molar refractivity (Wildman–Crippen MR) is 94.2 cm³/mol. The number of nitrogens with two attached hydrogens (primary N) is 1. The van der Waals surface area contributed by atoms with Crippen LogP contribution in [0.25, 0.3) is 0 Å². The van der Waals surface area contributed by atoms with E-state index in [9.17, 15) is 4.79 Å². The molecular weight excluding hydrogens is 335 g/mol. The van der Waals surface area contributed by atoms with Gasteiger partial charge >= 0.3 is 5.97 Å². The highest BCUT2D eigenvalue weighted by molar-refractivity contribution is 5.85. The molecule has 2 atom stereocenters. The normalized spacial score (nSPS) is 34.0. The van der Waals surface area contributed by atoms with Crippen molar-refractivity contribution in [2.45, 2.75) is 37.3 Å². The molecule has 4 nitrogen and oxygen atoms in total. The van der Waals surface area contributed by atoms with E-state index in [0.717, 1.165) is 44.5 Å². The highest BCUT2D eigenvalue weighted by Crippen LogP contribution is 2.37. The number of hydrogen-bond donors (Lipinski definition) is 1. The topological polar surface area (TPSA) is 55.6 Å². The molecule has 1 aromatic carbocycles. The summed E-state index contributed by atoms with van der Waals surface area (Å²) >= 11 is 0. The lowest BCUT2D eigenvalue weighted by Gasteiger charge is -2.44. The zero-order valence-corrected chi connectivity index (χ0v) is 14.7. The molecule has 0 spiro atoms. The Morgan fingerprint density at radius 2 is 1.91 bits per heavy atom. The Hall–Kier alpha value is -0.810. The Morgan fingerprint density at radius 1 is 1.22 bits per heavy atom. The summed E-state index contributed by atoms with van der Waals surface area (Å²) in [4.78, 5) is 15.1. The average Bonchev–Trinajstić information content (AvgIpc) is 2.88. The van der Waals surface area contributed by atoms with E-state index in [1.807, 2.05) is 18.2 Å². The Balaban J connectivity index is 0.000000960. The number of halogens is 2. The number of nitrogens with zero attached hydrogens (tertiary/aromatic N) is 1. The average molecular weight is 359 g/mol. The molecule has 128 valence electrons. The van der Waals surface area contributed by atoms with Gasteiger partial charge in [-0.25, -0.2) is 4.79 Å². The molecule has 0 saturated carbocycles. The molecule has 3 saturated heterocycles. The molecule has 4 aliphatic rings. The first-order chi connectivity index (χ1) is 10.2. The van der Waals surface area contributed by atoms with Crippen LogP contribution in [-0.4, -0.2) is 36.6 Å². The molecule has 6 heteroatoms. The number of rotatable bonds is 2. The third kappa shape index (κ3) is 3.10. The van der Waals surface area contributed by atoms with Gasteiger partial charge in [0, 0.05) is 6.54 Å². The predicted octanol–water partition coefficient (Wildman–Crippen LogP) is 2.27. The van der Waals surface area contributed by atoms with Gasteiger partial charge in [0.25, 0.3) is 0 Å². The lowest BCUT2D eigenvalue weighted by Crippen LogP contribution is -2.54. The summed E-state index contributed by atoms with van der Waals surface area (Å²) in [5.74, 6) is 0.297. The van der Waals surface area contributed by atoms with Crippen LogP contribution in [0.15, 0.2) is 24.3 Å². The van der Waals surface area contributed by atoms with Gasteiger partial charge in [0.15, 0.2) is 0 Å². The molecule has 1 aliphatic carbocycles. The van der Waals surface area contributed by atoms with Crippen LogP contribution in [0.5, 0.6) is 0 Å². The maximum Gasteiger partial charge on any atom is 0.331 e. The third-order valence-corrected chi connectivity index (χ3v) is 5.51. The van der Waals surface area contributed by atoms with Crippen molar-refractivity contribution in [1.29, 1.82) is 0 Å². The zero-order valence-electron chi connectivity index (χ0n) is 13.1. The molecule has 2 N–H and O–H groups in total. The first-order valence-corrected chi connectivity index (χ1v) is 7.97. The number of carbonyl (C=O) groups is 1. The van der Waals surface area contributed by atoms with E-state index >= 15 is 0 Å². The first kappa shape index (κ1) is 18.5. The van der Waals surface area contributed by atoms with Gasteiger partial charge in [0.1, 0.15) is 11.6 Å². The van der Waals surface area contributed by atoms with Gasteiger partial charge in [-0.3, -0.25) is 4.90 Å². The fourth-order valence-electron chi connectivity index (χ4n) is 4.14. The van der Waals surface area contributed by atoms with E-state index in [0.29, 0.717) is 12.3 Å². The van der Waals surface area contributed by atoms with Crippen molar-refractivity contribution in [3.8, 4) is 0 Å². The van der Waals surface area contributed by atoms with E-state index < -0.39 is 5.54 Å². The van der Waals surface area contributed by atoms with Gasteiger partial charge in [-0.15, -0.1) is 24.8 Å². The molecule has 5 rings (SSSR count). The lowest BCUT2D eigenvalue weighted by atomic mass is 9.85. The summed E-state index contributed by atoms with van der Waals surface area (Å²) in [5, 5.41) is 0. The second-order valence-corrected chi connectivity index (χ2v) is 6.71. The lowest BCUT2D eigenvalue weighted by molar-refractivity contribution is -0.165. The van der Waals surface area contributed by atoms with Gasteiger partial charge in [0.2, 0.25) is 0 Å². The molecule has 3 aliphatic heterocycles. The maximum atomic E-state index is 12.7. The number of fused-ring (bicyclic) bond motifs is 4. The third-order valence-electron chi connectivity index (χ3n) is 5.51. The number of hydrogen-bond acceptors (Lipinski definition) is 4. The van der Waals surface area contributed by atoms with E-state index in [2.05, 4.69) is 11.0 Å². The van der Waals surface area contributed by atoms with Crippen molar-refractivity contribution in [1.82, 2.24) is 4.90 Å². The second-order valence-electron chi connectivity index (χ2n) is 6.71. The molecule has 0 radical (unpaired) electrons. The van der Waals surface area contributed by atoms with Crippen LogP contribution >= 0.6 is 24.8 Å². The summed E-state index contributed by atoms with van der Waals surface area (Å²) in [6.45, 7) is 3.18. The van der Waals surface area contributed by atoms with Gasteiger partial charge in [-0.1, -0.05) is 24.3 Å². The highest BCUT2D eigenvalue weighted by atomic mass is 35.5. The van der Waals surface area contributed by atoms with Crippen LogP contribution in [-0.2, 0) is 21.5 Å². The fraction of sp³-hybridized carbons (Fsp3) is 0.588. The highest BCUT2D eigenvalue weighted by Gasteiger charge is 2.46. The monoisotopic (exact) mass is 358 g/mol. The van der Waals surface area contributed by atoms with Crippen LogP contribution in [0.2, 0.25) is 0 Å². The number of ether oxygens (including phenoxy) is 1. The number of piperidine rings is 3. The van der Waals surface area contributed by atoms with Crippen molar-refractivity contribution in [3.63, 3.8) is 0 Å². The first-order valence-electron chi connectivity index (χ1n) is 7.97. The van der Waals surface area contributed by atoms with Crippen molar-refractivity contribution >= 4 is 30.8 Å². The maximum absolute atomic E-state index is 12.7. The molecule has 2 bridgehead atoms. The Bertz CT molecular complexity index is 575. The van der Waals surface area contributed by atoms with Crippen LogP contribution in [0.3, 0.4) is 0 Å². The second kappa shape index (κ2) is 6.98. The summed E-state index contributed by atoms with van der Waals surface area (Å²) in [6, 6.07) is 7.99.